The van der Waals surface area contributed by atoms with Crippen molar-refractivity contribution in [1.29, 1.82) is 0 Å². The van der Waals surface area contributed by atoms with Crippen molar-refractivity contribution in [3.8, 4) is 0 Å². The van der Waals surface area contributed by atoms with Crippen LogP contribution in [0.4, 0.5) is 0 Å². The van der Waals surface area contributed by atoms with Gasteiger partial charge in [0.15, 0.2) is 5.65 Å². The summed E-state index contributed by atoms with van der Waals surface area (Å²) in [6.45, 7) is 6.54. The highest BCUT2D eigenvalue weighted by Gasteiger charge is 2.31. The third-order valence-corrected chi connectivity index (χ3v) is 4.66. The van der Waals surface area contributed by atoms with E-state index in [0.717, 1.165) is 26.1 Å². The summed E-state index contributed by atoms with van der Waals surface area (Å²) in [5, 5.41) is 2.99. The van der Waals surface area contributed by atoms with Crippen molar-refractivity contribution in [1.82, 2.24) is 20.3 Å². The summed E-state index contributed by atoms with van der Waals surface area (Å²) in [6, 6.07) is 1.64. The number of pyridine rings is 1. The van der Waals surface area contributed by atoms with Gasteiger partial charge in [-0.2, -0.15) is 0 Å². The molecule has 0 aromatic carbocycles. The Balaban J connectivity index is 1.66. The van der Waals surface area contributed by atoms with Gasteiger partial charge in [0.05, 0.1) is 11.1 Å². The van der Waals surface area contributed by atoms with Crippen molar-refractivity contribution in [2.24, 2.45) is 11.3 Å². The number of imidazole rings is 1. The molecule has 23 heavy (non-hydrogen) atoms. The predicted molar refractivity (Wildman–Crippen MR) is 86.4 cm³/mol. The summed E-state index contributed by atoms with van der Waals surface area (Å²) >= 11 is 0. The number of nitrogens with zero attached hydrogens (tertiary/aromatic N) is 1. The third kappa shape index (κ3) is 3.44. The van der Waals surface area contributed by atoms with E-state index in [1.165, 1.54) is 6.20 Å². The average Bonchev–Trinajstić information content (AvgIpc) is 2.92. The monoisotopic (exact) mass is 318 g/mol. The van der Waals surface area contributed by atoms with Gasteiger partial charge in [0.1, 0.15) is 0 Å². The molecule has 0 spiro atoms. The molecular formula is C16H22N4O3. The fraction of sp³-hybridized carbons (Fsp3) is 0.562. The van der Waals surface area contributed by atoms with Crippen LogP contribution < -0.4 is 11.0 Å². The Bertz CT molecular complexity index is 756. The van der Waals surface area contributed by atoms with E-state index >= 15 is 0 Å². The van der Waals surface area contributed by atoms with Crippen molar-refractivity contribution in [3.05, 3.63) is 28.3 Å². The largest absolute Gasteiger partial charge is 0.381 e. The van der Waals surface area contributed by atoms with Crippen LogP contribution >= 0.6 is 0 Å². The van der Waals surface area contributed by atoms with Crippen LogP contribution in [0.5, 0.6) is 0 Å². The van der Waals surface area contributed by atoms with E-state index in [9.17, 15) is 9.59 Å². The zero-order valence-corrected chi connectivity index (χ0v) is 13.4. The molecule has 1 fully saturated rings. The first kappa shape index (κ1) is 15.7. The lowest BCUT2D eigenvalue weighted by Gasteiger charge is -2.37. The van der Waals surface area contributed by atoms with Crippen molar-refractivity contribution >= 4 is 17.1 Å². The maximum atomic E-state index is 12.3. The number of rotatable bonds is 4. The van der Waals surface area contributed by atoms with Crippen LogP contribution in [0.1, 0.15) is 37.0 Å². The first-order chi connectivity index (χ1) is 11.0. The number of nitrogens with one attached hydrogen (secondary N) is 3. The van der Waals surface area contributed by atoms with Crippen LogP contribution in [0.2, 0.25) is 0 Å². The summed E-state index contributed by atoms with van der Waals surface area (Å²) < 4.78 is 5.41. The average molecular weight is 318 g/mol. The molecular weight excluding hydrogens is 296 g/mol. The number of H-pyrrole nitrogens is 2. The number of hydrogen-bond donors (Lipinski definition) is 3. The molecule has 3 rings (SSSR count). The quantitative estimate of drug-likeness (QED) is 0.794. The SMILES string of the molecule is CC(C)(CNC(=O)c1cnc2[nH]c(=O)[nH]c2c1)C1CCOCC1. The van der Waals surface area contributed by atoms with Gasteiger partial charge in [-0.25, -0.2) is 9.78 Å². The zero-order valence-electron chi connectivity index (χ0n) is 13.4. The van der Waals surface area contributed by atoms with Gasteiger partial charge in [0, 0.05) is 26.0 Å². The van der Waals surface area contributed by atoms with Crippen molar-refractivity contribution in [3.63, 3.8) is 0 Å². The lowest BCUT2D eigenvalue weighted by atomic mass is 9.74. The van der Waals surface area contributed by atoms with Gasteiger partial charge in [-0.15, -0.1) is 0 Å². The number of carbonyl (C=O) groups is 1. The summed E-state index contributed by atoms with van der Waals surface area (Å²) in [5.74, 6) is 0.361. The molecule has 7 heteroatoms. The maximum Gasteiger partial charge on any atom is 0.325 e. The van der Waals surface area contributed by atoms with E-state index in [1.54, 1.807) is 6.07 Å². The van der Waals surface area contributed by atoms with E-state index in [2.05, 4.69) is 34.1 Å². The molecule has 7 nitrogen and oxygen atoms in total. The first-order valence-electron chi connectivity index (χ1n) is 7.90. The van der Waals surface area contributed by atoms with E-state index in [1.807, 2.05) is 0 Å². The summed E-state index contributed by atoms with van der Waals surface area (Å²) in [6.07, 6.45) is 3.53. The Hall–Kier alpha value is -2.15. The molecule has 3 heterocycles. The molecule has 0 aliphatic carbocycles. The molecule has 0 atom stereocenters. The molecule has 1 aliphatic heterocycles. The van der Waals surface area contributed by atoms with Gasteiger partial charge >= 0.3 is 5.69 Å². The minimum atomic E-state index is -0.328. The molecule has 2 aromatic heterocycles. The van der Waals surface area contributed by atoms with Crippen LogP contribution in [-0.2, 0) is 4.74 Å². The second-order valence-corrected chi connectivity index (χ2v) is 6.76. The van der Waals surface area contributed by atoms with Gasteiger partial charge in [-0.3, -0.25) is 9.78 Å². The highest BCUT2D eigenvalue weighted by Crippen LogP contribution is 2.33. The van der Waals surface area contributed by atoms with Crippen molar-refractivity contribution < 1.29 is 9.53 Å². The van der Waals surface area contributed by atoms with Crippen LogP contribution in [0.3, 0.4) is 0 Å². The summed E-state index contributed by atoms with van der Waals surface area (Å²) in [7, 11) is 0. The molecule has 1 amide bonds. The molecule has 0 saturated carbocycles. The lowest BCUT2D eigenvalue weighted by Crippen LogP contribution is -2.40. The predicted octanol–water partition coefficient (Wildman–Crippen LogP) is 1.43. The minimum Gasteiger partial charge on any atom is -0.381 e. The zero-order chi connectivity index (χ0) is 16.4. The fourth-order valence-electron chi connectivity index (χ4n) is 3.08. The minimum absolute atomic E-state index is 0.0133. The summed E-state index contributed by atoms with van der Waals surface area (Å²) in [5.41, 5.74) is 1.11. The van der Waals surface area contributed by atoms with Gasteiger partial charge in [0.2, 0.25) is 0 Å². The first-order valence-corrected chi connectivity index (χ1v) is 7.90. The smallest absolute Gasteiger partial charge is 0.325 e. The number of amides is 1. The van der Waals surface area contributed by atoms with E-state index in [-0.39, 0.29) is 17.0 Å². The van der Waals surface area contributed by atoms with Crippen LogP contribution in [0, 0.1) is 11.3 Å². The van der Waals surface area contributed by atoms with Gasteiger partial charge in [-0.1, -0.05) is 13.8 Å². The Morgan fingerprint density at radius 2 is 2.13 bits per heavy atom. The fourth-order valence-corrected chi connectivity index (χ4v) is 3.08. The number of ether oxygens (including phenoxy) is 1. The normalized spacial score (nSPS) is 16.6. The van der Waals surface area contributed by atoms with Gasteiger partial charge in [0.25, 0.3) is 5.91 Å². The van der Waals surface area contributed by atoms with Crippen molar-refractivity contribution in [2.45, 2.75) is 26.7 Å². The Morgan fingerprint density at radius 1 is 1.39 bits per heavy atom. The third-order valence-electron chi connectivity index (χ3n) is 4.66. The molecule has 2 aromatic rings. The Kier molecular flexibility index (Phi) is 4.21. The van der Waals surface area contributed by atoms with Crippen molar-refractivity contribution in [2.75, 3.05) is 19.8 Å². The highest BCUT2D eigenvalue weighted by atomic mass is 16.5. The molecule has 124 valence electrons. The van der Waals surface area contributed by atoms with Crippen LogP contribution in [0.25, 0.3) is 11.2 Å². The molecule has 1 saturated heterocycles. The topological polar surface area (TPSA) is 99.9 Å². The van der Waals surface area contributed by atoms with Gasteiger partial charge in [-0.05, 0) is 30.2 Å². The number of aromatic nitrogens is 3. The van der Waals surface area contributed by atoms with Gasteiger partial charge < -0.3 is 15.0 Å². The van der Waals surface area contributed by atoms with E-state index in [0.29, 0.717) is 29.2 Å². The maximum absolute atomic E-state index is 12.3. The molecule has 0 radical (unpaired) electrons. The lowest BCUT2D eigenvalue weighted by molar-refractivity contribution is 0.0228. The number of aromatic amines is 2. The second-order valence-electron chi connectivity index (χ2n) is 6.76. The Morgan fingerprint density at radius 3 is 2.87 bits per heavy atom. The standard InChI is InChI=1S/C16H22N4O3/c1-16(2,11-3-5-23-6-4-11)9-18-14(21)10-7-12-13(17-8-10)20-15(22)19-12/h7-8,11H,3-6,9H2,1-2H3,(H,18,21)(H2,17,19,20,22). The van der Waals surface area contributed by atoms with E-state index in [4.69, 9.17) is 4.74 Å². The van der Waals surface area contributed by atoms with E-state index < -0.39 is 0 Å². The van der Waals surface area contributed by atoms with Crippen LogP contribution in [0.15, 0.2) is 17.1 Å². The van der Waals surface area contributed by atoms with Crippen LogP contribution in [-0.4, -0.2) is 40.6 Å². The molecule has 1 aliphatic rings. The molecule has 0 bridgehead atoms. The Labute approximate surface area is 133 Å². The molecule has 3 N–H and O–H groups in total. The second kappa shape index (κ2) is 6.16. The number of carbonyl (C=O) groups excluding carboxylic acids is 1. The highest BCUT2D eigenvalue weighted by molar-refractivity contribution is 5.96. The number of hydrogen-bond acceptors (Lipinski definition) is 4. The number of fused-ring (bicyclic) bond motifs is 1. The molecule has 0 unspecified atom stereocenters. The summed E-state index contributed by atoms with van der Waals surface area (Å²) in [4.78, 5) is 32.8.